The quantitative estimate of drug-likeness (QED) is 0.812. The number of anilines is 1. The molecule has 0 N–H and O–H groups in total. The van der Waals surface area contributed by atoms with Crippen LogP contribution in [0.2, 0.25) is 0 Å². The highest BCUT2D eigenvalue weighted by Crippen LogP contribution is 2.32. The molecule has 1 aliphatic heterocycles. The third-order valence-electron chi connectivity index (χ3n) is 3.46. The van der Waals surface area contributed by atoms with Crippen LogP contribution in [-0.4, -0.2) is 22.7 Å². The molecule has 3 rings (SSSR count). The first kappa shape index (κ1) is 13.2. The van der Waals surface area contributed by atoms with E-state index in [-0.39, 0.29) is 11.9 Å². The maximum atomic E-state index is 12.5. The average molecular weight is 284 g/mol. The lowest BCUT2D eigenvalue weighted by molar-refractivity contribution is -0.116. The van der Waals surface area contributed by atoms with Crippen molar-refractivity contribution in [1.82, 2.24) is 4.98 Å². The Hall–Kier alpha value is -1.81. The molecular weight excluding hydrogens is 268 g/mol. The summed E-state index contributed by atoms with van der Waals surface area (Å²) >= 11 is 1.49. The predicted octanol–water partition coefficient (Wildman–Crippen LogP) is 3.15. The van der Waals surface area contributed by atoms with Crippen molar-refractivity contribution in [3.8, 4) is 0 Å². The Morgan fingerprint density at radius 1 is 1.30 bits per heavy atom. The number of hydrogen-bond donors (Lipinski definition) is 0. The monoisotopic (exact) mass is 284 g/mol. The van der Waals surface area contributed by atoms with E-state index in [0.717, 1.165) is 17.1 Å². The fraction of sp³-hybridized carbons (Fsp3) is 0.250. The number of para-hydroxylation sites is 1. The largest absolute Gasteiger partial charge is 0.308 e. The second-order valence-corrected chi connectivity index (χ2v) is 5.90. The van der Waals surface area contributed by atoms with Gasteiger partial charge in [-0.3, -0.25) is 4.79 Å². The number of carbonyl (C=O) groups excluding carboxylic acids is 1. The molecule has 1 aliphatic rings. The van der Waals surface area contributed by atoms with Crippen molar-refractivity contribution in [2.45, 2.75) is 24.4 Å². The van der Waals surface area contributed by atoms with Crippen molar-refractivity contribution in [3.05, 3.63) is 54.2 Å². The average Bonchev–Trinajstić information content (AvgIpc) is 2.82. The van der Waals surface area contributed by atoms with Crippen LogP contribution < -0.4 is 4.90 Å². The Kier molecular flexibility index (Phi) is 3.74. The van der Waals surface area contributed by atoms with Crippen molar-refractivity contribution in [2.75, 3.05) is 10.7 Å². The molecule has 0 radical (unpaired) electrons. The molecule has 0 spiro atoms. The van der Waals surface area contributed by atoms with Crippen LogP contribution in [0.1, 0.15) is 12.5 Å². The van der Waals surface area contributed by atoms with Gasteiger partial charge in [0, 0.05) is 17.9 Å². The lowest BCUT2D eigenvalue weighted by atomic mass is 10.1. The van der Waals surface area contributed by atoms with Crippen LogP contribution in [0.25, 0.3) is 0 Å². The normalized spacial score (nSPS) is 17.1. The fourth-order valence-corrected chi connectivity index (χ4v) is 3.30. The van der Waals surface area contributed by atoms with Gasteiger partial charge in [0.1, 0.15) is 0 Å². The van der Waals surface area contributed by atoms with E-state index in [2.05, 4.69) is 18.0 Å². The van der Waals surface area contributed by atoms with E-state index >= 15 is 0 Å². The molecule has 0 saturated heterocycles. The molecule has 0 saturated carbocycles. The maximum absolute atomic E-state index is 12.5. The van der Waals surface area contributed by atoms with Crippen LogP contribution in [0.15, 0.2) is 53.7 Å². The molecule has 102 valence electrons. The van der Waals surface area contributed by atoms with Crippen LogP contribution in [0.5, 0.6) is 0 Å². The number of carbonyl (C=O) groups is 1. The number of nitrogens with zero attached hydrogens (tertiary/aromatic N) is 2. The molecule has 1 aromatic heterocycles. The number of hydrogen-bond acceptors (Lipinski definition) is 3. The molecule has 0 bridgehead atoms. The van der Waals surface area contributed by atoms with Gasteiger partial charge < -0.3 is 4.90 Å². The highest BCUT2D eigenvalue weighted by atomic mass is 32.2. The molecule has 1 aromatic carbocycles. The van der Waals surface area contributed by atoms with Gasteiger partial charge >= 0.3 is 0 Å². The maximum Gasteiger partial charge on any atom is 0.237 e. The number of rotatable bonds is 3. The first-order valence-electron chi connectivity index (χ1n) is 6.69. The smallest absolute Gasteiger partial charge is 0.237 e. The van der Waals surface area contributed by atoms with Crippen LogP contribution >= 0.6 is 11.8 Å². The Labute approximate surface area is 123 Å². The van der Waals surface area contributed by atoms with Gasteiger partial charge in [-0.25, -0.2) is 4.98 Å². The summed E-state index contributed by atoms with van der Waals surface area (Å²) in [5.74, 6) is 0.577. The summed E-state index contributed by atoms with van der Waals surface area (Å²) in [4.78, 5) is 18.6. The number of aromatic nitrogens is 1. The minimum absolute atomic E-state index is 0.151. The lowest BCUT2D eigenvalue weighted by Crippen LogP contribution is -2.36. The number of amides is 1. The summed E-state index contributed by atoms with van der Waals surface area (Å²) < 4.78 is 0. The lowest BCUT2D eigenvalue weighted by Gasteiger charge is -2.22. The van der Waals surface area contributed by atoms with Crippen LogP contribution in [0, 0.1) is 0 Å². The van der Waals surface area contributed by atoms with Gasteiger partial charge in [-0.05, 0) is 37.1 Å². The van der Waals surface area contributed by atoms with Gasteiger partial charge in [-0.2, -0.15) is 0 Å². The van der Waals surface area contributed by atoms with Gasteiger partial charge in [0.25, 0.3) is 0 Å². The standard InChI is InChI=1S/C16H16N2OS/c1-12-10-13-6-2-3-7-14(13)18(12)16(19)11-20-15-8-4-5-9-17-15/h2-9,12H,10-11H2,1H3/t12-/m0/s1. The van der Waals surface area contributed by atoms with Gasteiger partial charge in [0.15, 0.2) is 0 Å². The van der Waals surface area contributed by atoms with E-state index in [1.165, 1.54) is 17.3 Å². The summed E-state index contributed by atoms with van der Waals surface area (Å²) in [5, 5.41) is 0.890. The highest BCUT2D eigenvalue weighted by Gasteiger charge is 2.30. The van der Waals surface area contributed by atoms with Crippen molar-refractivity contribution in [3.63, 3.8) is 0 Å². The molecule has 1 amide bonds. The highest BCUT2D eigenvalue weighted by molar-refractivity contribution is 7.99. The second-order valence-electron chi connectivity index (χ2n) is 4.90. The third kappa shape index (κ3) is 2.56. The zero-order chi connectivity index (χ0) is 13.9. The van der Waals surface area contributed by atoms with Crippen molar-refractivity contribution in [2.24, 2.45) is 0 Å². The summed E-state index contributed by atoms with van der Waals surface area (Å²) in [6, 6.07) is 14.1. The fourth-order valence-electron chi connectivity index (χ4n) is 2.58. The molecule has 2 aromatic rings. The minimum atomic E-state index is 0.151. The topological polar surface area (TPSA) is 33.2 Å². The number of pyridine rings is 1. The van der Waals surface area contributed by atoms with E-state index in [0.29, 0.717) is 5.75 Å². The van der Waals surface area contributed by atoms with E-state index < -0.39 is 0 Å². The summed E-state index contributed by atoms with van der Waals surface area (Å²) in [6.07, 6.45) is 2.69. The summed E-state index contributed by atoms with van der Waals surface area (Å²) in [7, 11) is 0. The zero-order valence-corrected chi connectivity index (χ0v) is 12.1. The van der Waals surface area contributed by atoms with E-state index in [1.54, 1.807) is 6.20 Å². The van der Waals surface area contributed by atoms with Crippen molar-refractivity contribution >= 4 is 23.4 Å². The van der Waals surface area contributed by atoms with Crippen LogP contribution in [0.4, 0.5) is 5.69 Å². The Morgan fingerprint density at radius 3 is 2.90 bits per heavy atom. The molecule has 0 aliphatic carbocycles. The van der Waals surface area contributed by atoms with Crippen LogP contribution in [-0.2, 0) is 11.2 Å². The molecule has 1 atom stereocenters. The van der Waals surface area contributed by atoms with E-state index in [4.69, 9.17) is 0 Å². The third-order valence-corrected chi connectivity index (χ3v) is 4.39. The van der Waals surface area contributed by atoms with Crippen molar-refractivity contribution < 1.29 is 4.79 Å². The van der Waals surface area contributed by atoms with E-state index in [9.17, 15) is 4.79 Å². The van der Waals surface area contributed by atoms with Crippen molar-refractivity contribution in [1.29, 1.82) is 0 Å². The minimum Gasteiger partial charge on any atom is -0.308 e. The second kappa shape index (κ2) is 5.67. The zero-order valence-electron chi connectivity index (χ0n) is 11.3. The number of thioether (sulfide) groups is 1. The van der Waals surface area contributed by atoms with Gasteiger partial charge in [-0.15, -0.1) is 0 Å². The van der Waals surface area contributed by atoms with Gasteiger partial charge in [0.2, 0.25) is 5.91 Å². The Balaban J connectivity index is 1.71. The predicted molar refractivity (Wildman–Crippen MR) is 82.1 cm³/mol. The molecular formula is C16H16N2OS. The molecule has 20 heavy (non-hydrogen) atoms. The Bertz CT molecular complexity index is 615. The molecule has 2 heterocycles. The Morgan fingerprint density at radius 2 is 2.10 bits per heavy atom. The number of benzene rings is 1. The van der Waals surface area contributed by atoms with Crippen LogP contribution in [0.3, 0.4) is 0 Å². The molecule has 0 fully saturated rings. The van der Waals surface area contributed by atoms with Gasteiger partial charge in [0.05, 0.1) is 10.8 Å². The molecule has 4 heteroatoms. The first-order chi connectivity index (χ1) is 9.75. The van der Waals surface area contributed by atoms with E-state index in [1.807, 2.05) is 41.3 Å². The summed E-state index contributed by atoms with van der Waals surface area (Å²) in [5.41, 5.74) is 2.32. The molecule has 3 nitrogen and oxygen atoms in total. The molecule has 0 unspecified atom stereocenters. The summed E-state index contributed by atoms with van der Waals surface area (Å²) in [6.45, 7) is 2.10. The number of fused-ring (bicyclic) bond motifs is 1. The van der Waals surface area contributed by atoms with Gasteiger partial charge in [-0.1, -0.05) is 36.0 Å². The SMILES string of the molecule is C[C@H]1Cc2ccccc2N1C(=O)CSc1ccccn1. The first-order valence-corrected chi connectivity index (χ1v) is 7.68.